The Hall–Kier alpha value is -4.79. The number of carbonyl (C=O) groups excluding carboxylic acids is 4. The Bertz CT molecular complexity index is 1620. The number of nitrogens with one attached hydrogen (secondary N) is 1. The number of amides is 4. The van der Waals surface area contributed by atoms with Gasteiger partial charge < -0.3 is 20.1 Å². The quantitative estimate of drug-likeness (QED) is 0.371. The van der Waals surface area contributed by atoms with Crippen LogP contribution in [0.4, 0.5) is 22.4 Å². The summed E-state index contributed by atoms with van der Waals surface area (Å²) in [7, 11) is 1.49. The van der Waals surface area contributed by atoms with Gasteiger partial charge in [0.05, 0.1) is 12.3 Å². The highest BCUT2D eigenvalue weighted by Gasteiger charge is 2.61. The average Bonchev–Trinajstić information content (AvgIpc) is 3.62. The fraction of sp³-hybridized carbons (Fsp3) is 0.345. The molecular weight excluding hydrogens is 590 g/mol. The summed E-state index contributed by atoms with van der Waals surface area (Å²) in [5.41, 5.74) is -0.140. The number of hydrogen-bond acceptors (Lipinski definition) is 7. The number of alkyl halides is 3. The molecule has 11 nitrogen and oxygen atoms in total. The second kappa shape index (κ2) is 11.4. The lowest BCUT2D eigenvalue weighted by atomic mass is 9.93. The number of imide groups is 1. The number of ether oxygens (including phenoxy) is 1. The van der Waals surface area contributed by atoms with Gasteiger partial charge in [-0.15, -0.1) is 0 Å². The van der Waals surface area contributed by atoms with Crippen molar-refractivity contribution in [3.63, 3.8) is 0 Å². The molecule has 0 radical (unpaired) electrons. The van der Waals surface area contributed by atoms with E-state index in [2.05, 4.69) is 10.4 Å². The molecule has 2 aliphatic rings. The first kappa shape index (κ1) is 30.7. The smallest absolute Gasteiger partial charge is 0.418 e. The van der Waals surface area contributed by atoms with Crippen LogP contribution >= 0.6 is 0 Å². The number of benzene rings is 2. The van der Waals surface area contributed by atoms with E-state index in [4.69, 9.17) is 4.74 Å². The maximum absolute atomic E-state index is 13.7. The minimum absolute atomic E-state index is 0.0186. The number of aliphatic hydroxyl groups is 1. The fourth-order valence-electron chi connectivity index (χ4n) is 5.32. The Balaban J connectivity index is 1.39. The lowest BCUT2D eigenvalue weighted by Crippen LogP contribution is -2.51. The molecule has 3 aromatic rings. The van der Waals surface area contributed by atoms with E-state index in [-0.39, 0.29) is 35.6 Å². The van der Waals surface area contributed by atoms with E-state index in [0.29, 0.717) is 20.9 Å². The molecule has 2 N–H and O–H groups in total. The number of nitrogens with zero attached hydrogens (tertiary/aromatic N) is 4. The van der Waals surface area contributed by atoms with Gasteiger partial charge in [-0.05, 0) is 41.8 Å². The standard InChI is InChI=1S/C29H27F4N5O6/c1-16(29(31,32)33)37(12-17-3-6-20(30)7-4-17)25(41)15-38-26(42)28(44-27(38)43)10-23(39)21-9-18(5-8-22(21)28)19-11-35-36(13-19)14-24(40)34-2/h3-9,11,13,16,23,39H,10,12,14-15H2,1-2H3,(H,34,40)/t16-,23-,28-/m0/s1. The first-order chi connectivity index (χ1) is 20.7. The van der Waals surface area contributed by atoms with Crippen molar-refractivity contribution in [3.05, 3.63) is 77.4 Å². The molecule has 44 heavy (non-hydrogen) atoms. The molecule has 2 aromatic carbocycles. The number of likely N-dealkylation sites (N-methyl/N-ethyl adjacent to an activating group) is 1. The van der Waals surface area contributed by atoms with Crippen molar-refractivity contribution in [2.45, 2.75) is 50.4 Å². The molecule has 2 heterocycles. The Morgan fingerprint density at radius 2 is 1.86 bits per heavy atom. The summed E-state index contributed by atoms with van der Waals surface area (Å²) in [5.74, 6) is -3.07. The van der Waals surface area contributed by atoms with Gasteiger partial charge in [-0.2, -0.15) is 18.3 Å². The van der Waals surface area contributed by atoms with Gasteiger partial charge >= 0.3 is 12.3 Å². The molecule has 5 rings (SSSR count). The second-order valence-corrected chi connectivity index (χ2v) is 10.6. The number of rotatable bonds is 8. The Labute approximate surface area is 248 Å². The van der Waals surface area contributed by atoms with Crippen LogP contribution in [-0.4, -0.2) is 74.3 Å². The maximum Gasteiger partial charge on any atom is 0.418 e. The van der Waals surface area contributed by atoms with Crippen LogP contribution in [0.15, 0.2) is 54.9 Å². The van der Waals surface area contributed by atoms with E-state index >= 15 is 0 Å². The van der Waals surface area contributed by atoms with Crippen molar-refractivity contribution in [2.75, 3.05) is 13.6 Å². The van der Waals surface area contributed by atoms with Gasteiger partial charge in [-0.3, -0.25) is 19.1 Å². The molecule has 1 aliphatic carbocycles. The largest absolute Gasteiger partial charge is 0.427 e. The van der Waals surface area contributed by atoms with Crippen LogP contribution in [0.5, 0.6) is 0 Å². The number of fused-ring (bicyclic) bond motifs is 2. The van der Waals surface area contributed by atoms with Crippen molar-refractivity contribution in [2.24, 2.45) is 0 Å². The highest BCUT2D eigenvalue weighted by atomic mass is 19.4. The van der Waals surface area contributed by atoms with Gasteiger partial charge in [-0.1, -0.05) is 24.3 Å². The number of aliphatic hydroxyl groups excluding tert-OH is 1. The van der Waals surface area contributed by atoms with Crippen LogP contribution in [0.3, 0.4) is 0 Å². The fourth-order valence-corrected chi connectivity index (χ4v) is 5.32. The second-order valence-electron chi connectivity index (χ2n) is 10.6. The van der Waals surface area contributed by atoms with E-state index in [1.807, 2.05) is 0 Å². The first-order valence-electron chi connectivity index (χ1n) is 13.4. The zero-order valence-corrected chi connectivity index (χ0v) is 23.5. The molecule has 232 valence electrons. The minimum atomic E-state index is -4.84. The monoisotopic (exact) mass is 617 g/mol. The van der Waals surface area contributed by atoms with Gasteiger partial charge in [0.15, 0.2) is 0 Å². The molecule has 0 saturated carbocycles. The minimum Gasteiger partial charge on any atom is -0.427 e. The van der Waals surface area contributed by atoms with Crippen molar-refractivity contribution in [1.82, 2.24) is 24.9 Å². The average molecular weight is 618 g/mol. The third-order valence-electron chi connectivity index (χ3n) is 7.77. The zero-order valence-electron chi connectivity index (χ0n) is 23.5. The molecule has 1 aliphatic heterocycles. The Morgan fingerprint density at radius 3 is 2.52 bits per heavy atom. The van der Waals surface area contributed by atoms with Gasteiger partial charge in [0.25, 0.3) is 5.91 Å². The number of carbonyl (C=O) groups is 4. The molecule has 1 fully saturated rings. The highest BCUT2D eigenvalue weighted by molar-refractivity contribution is 6.06. The summed E-state index contributed by atoms with van der Waals surface area (Å²) in [6.45, 7) is -0.868. The van der Waals surface area contributed by atoms with Crippen molar-refractivity contribution in [3.8, 4) is 11.1 Å². The number of hydrogen-bond donors (Lipinski definition) is 2. The van der Waals surface area contributed by atoms with Crippen molar-refractivity contribution in [1.29, 1.82) is 0 Å². The van der Waals surface area contributed by atoms with Crippen molar-refractivity contribution >= 4 is 23.8 Å². The molecule has 4 amide bonds. The molecule has 0 unspecified atom stereocenters. The SMILES string of the molecule is CNC(=O)Cn1cc(-c2ccc3c(c2)[C@@H](O)C[C@]32OC(=O)N(CC(=O)N(Cc3ccc(F)cc3)[C@@H](C)C(F)(F)F)C2=O)cn1. The summed E-state index contributed by atoms with van der Waals surface area (Å²) in [6.07, 6.45) is -4.58. The third kappa shape index (κ3) is 5.62. The van der Waals surface area contributed by atoms with Gasteiger partial charge in [0, 0.05) is 37.3 Å². The van der Waals surface area contributed by atoms with Crippen LogP contribution in [-0.2, 0) is 37.8 Å². The van der Waals surface area contributed by atoms with Crippen LogP contribution in [0.25, 0.3) is 11.1 Å². The van der Waals surface area contributed by atoms with Crippen molar-refractivity contribution < 1.29 is 46.6 Å². The Morgan fingerprint density at radius 1 is 1.16 bits per heavy atom. The summed E-state index contributed by atoms with van der Waals surface area (Å²) in [6, 6.07) is 6.89. The molecular formula is C29H27F4N5O6. The van der Waals surface area contributed by atoms with Crippen LogP contribution in [0, 0.1) is 5.82 Å². The summed E-state index contributed by atoms with van der Waals surface area (Å²) < 4.78 is 61.3. The molecule has 1 spiro atoms. The van der Waals surface area contributed by atoms with E-state index < -0.39 is 60.7 Å². The lowest BCUT2D eigenvalue weighted by Gasteiger charge is -2.31. The van der Waals surface area contributed by atoms with E-state index in [0.717, 1.165) is 19.1 Å². The molecule has 0 bridgehead atoms. The highest BCUT2D eigenvalue weighted by Crippen LogP contribution is 2.50. The zero-order chi connectivity index (χ0) is 32.0. The predicted octanol–water partition coefficient (Wildman–Crippen LogP) is 3.03. The van der Waals surface area contributed by atoms with E-state index in [1.165, 1.54) is 36.1 Å². The van der Waals surface area contributed by atoms with E-state index in [1.54, 1.807) is 18.3 Å². The summed E-state index contributed by atoms with van der Waals surface area (Å²) >= 11 is 0. The van der Waals surface area contributed by atoms with Crippen LogP contribution in [0.2, 0.25) is 0 Å². The predicted molar refractivity (Wildman–Crippen MR) is 144 cm³/mol. The molecule has 15 heteroatoms. The van der Waals surface area contributed by atoms with Gasteiger partial charge in [0.1, 0.15) is 24.9 Å². The maximum atomic E-state index is 13.7. The summed E-state index contributed by atoms with van der Waals surface area (Å²) in [5, 5.41) is 17.5. The molecule has 3 atom stereocenters. The van der Waals surface area contributed by atoms with Crippen LogP contribution < -0.4 is 5.32 Å². The topological polar surface area (TPSA) is 134 Å². The van der Waals surface area contributed by atoms with Crippen LogP contribution in [0.1, 0.15) is 36.1 Å². The first-order valence-corrected chi connectivity index (χ1v) is 13.4. The molecule has 1 aromatic heterocycles. The third-order valence-corrected chi connectivity index (χ3v) is 7.77. The number of halogens is 4. The normalized spacial score (nSPS) is 20.1. The van der Waals surface area contributed by atoms with E-state index in [9.17, 15) is 41.8 Å². The molecule has 1 saturated heterocycles. The Kier molecular flexibility index (Phi) is 7.92. The summed E-state index contributed by atoms with van der Waals surface area (Å²) in [4.78, 5) is 52.3. The lowest BCUT2D eigenvalue weighted by molar-refractivity contribution is -0.187. The van der Waals surface area contributed by atoms with Gasteiger partial charge in [-0.25, -0.2) is 14.1 Å². The van der Waals surface area contributed by atoms with Gasteiger partial charge in [0.2, 0.25) is 17.4 Å². The number of aromatic nitrogens is 2.